The smallest absolute Gasteiger partial charge is 0.229 e. The van der Waals surface area contributed by atoms with Crippen LogP contribution < -0.4 is 0 Å². The summed E-state index contributed by atoms with van der Waals surface area (Å²) >= 11 is 0. The first-order valence-corrected chi connectivity index (χ1v) is 4.48. The average Bonchev–Trinajstić information content (AvgIpc) is 2.81. The Morgan fingerprint density at radius 2 is 1.58 bits per heavy atom. The molecular formula is C9H13NO2. The van der Waals surface area contributed by atoms with Crippen LogP contribution >= 0.6 is 0 Å². The molecule has 66 valence electrons. The summed E-state index contributed by atoms with van der Waals surface area (Å²) in [5, 5.41) is 0. The summed E-state index contributed by atoms with van der Waals surface area (Å²) in [7, 11) is 1.58. The molecule has 0 aromatic heterocycles. The van der Waals surface area contributed by atoms with Gasteiger partial charge in [-0.15, -0.1) is 0 Å². The van der Waals surface area contributed by atoms with E-state index in [2.05, 4.69) is 0 Å². The number of carbonyl (C=O) groups excluding carboxylic acids is 2. The average molecular weight is 167 g/mol. The second-order valence-corrected chi connectivity index (χ2v) is 3.85. The van der Waals surface area contributed by atoms with Gasteiger partial charge in [-0.1, -0.05) is 0 Å². The van der Waals surface area contributed by atoms with Crippen molar-refractivity contribution >= 4 is 11.8 Å². The first kappa shape index (κ1) is 7.77. The van der Waals surface area contributed by atoms with Crippen LogP contribution in [0.15, 0.2) is 0 Å². The van der Waals surface area contributed by atoms with E-state index in [4.69, 9.17) is 0 Å². The van der Waals surface area contributed by atoms with E-state index in [1.165, 1.54) is 17.7 Å². The van der Waals surface area contributed by atoms with Crippen LogP contribution in [0, 0.1) is 11.8 Å². The molecule has 0 bridgehead atoms. The van der Waals surface area contributed by atoms with Gasteiger partial charge >= 0.3 is 0 Å². The van der Waals surface area contributed by atoms with Gasteiger partial charge in [-0.05, 0) is 24.7 Å². The van der Waals surface area contributed by atoms with Crippen LogP contribution in [0.25, 0.3) is 0 Å². The van der Waals surface area contributed by atoms with E-state index in [1.807, 2.05) is 0 Å². The Kier molecular flexibility index (Phi) is 1.67. The third-order valence-corrected chi connectivity index (χ3v) is 2.91. The van der Waals surface area contributed by atoms with Crippen LogP contribution in [0.4, 0.5) is 0 Å². The predicted octanol–water partition coefficient (Wildman–Crippen LogP) is 0.791. The van der Waals surface area contributed by atoms with E-state index in [0.717, 1.165) is 0 Å². The van der Waals surface area contributed by atoms with E-state index in [-0.39, 0.29) is 11.8 Å². The SMILES string of the molecule is CN1C(=O)CC(C2CC2)CC1=O. The van der Waals surface area contributed by atoms with Crippen molar-refractivity contribution in [2.75, 3.05) is 7.05 Å². The third kappa shape index (κ3) is 1.24. The molecule has 1 aliphatic carbocycles. The minimum atomic E-state index is 0.00292. The Morgan fingerprint density at radius 3 is 2.00 bits per heavy atom. The highest BCUT2D eigenvalue weighted by Crippen LogP contribution is 2.42. The molecular weight excluding hydrogens is 154 g/mol. The number of piperidine rings is 1. The van der Waals surface area contributed by atoms with Crippen molar-refractivity contribution in [1.82, 2.24) is 4.90 Å². The number of hydrogen-bond acceptors (Lipinski definition) is 2. The van der Waals surface area contributed by atoms with Crippen LogP contribution in [-0.4, -0.2) is 23.8 Å². The topological polar surface area (TPSA) is 37.4 Å². The minimum Gasteiger partial charge on any atom is -0.286 e. The van der Waals surface area contributed by atoms with Gasteiger partial charge in [0.2, 0.25) is 11.8 Å². The van der Waals surface area contributed by atoms with Gasteiger partial charge in [-0.3, -0.25) is 14.5 Å². The van der Waals surface area contributed by atoms with Crippen molar-refractivity contribution in [3.05, 3.63) is 0 Å². The maximum atomic E-state index is 11.3. The highest BCUT2D eigenvalue weighted by Gasteiger charge is 2.39. The molecule has 0 radical (unpaired) electrons. The minimum absolute atomic E-state index is 0.00292. The van der Waals surface area contributed by atoms with E-state index in [1.54, 1.807) is 7.05 Å². The molecule has 3 heteroatoms. The van der Waals surface area contributed by atoms with E-state index < -0.39 is 0 Å². The van der Waals surface area contributed by atoms with E-state index in [0.29, 0.717) is 24.7 Å². The fourth-order valence-corrected chi connectivity index (χ4v) is 1.83. The Labute approximate surface area is 71.7 Å². The maximum Gasteiger partial charge on any atom is 0.229 e. The molecule has 1 heterocycles. The van der Waals surface area contributed by atoms with Crippen molar-refractivity contribution in [2.24, 2.45) is 11.8 Å². The summed E-state index contributed by atoms with van der Waals surface area (Å²) in [6, 6.07) is 0. The first-order chi connectivity index (χ1) is 5.68. The molecule has 2 rings (SSSR count). The second-order valence-electron chi connectivity index (χ2n) is 3.85. The molecule has 2 amide bonds. The van der Waals surface area contributed by atoms with Gasteiger partial charge in [0.1, 0.15) is 0 Å². The van der Waals surface area contributed by atoms with Crippen LogP contribution in [0.1, 0.15) is 25.7 Å². The lowest BCUT2D eigenvalue weighted by Crippen LogP contribution is -2.40. The lowest BCUT2D eigenvalue weighted by Gasteiger charge is -2.26. The molecule has 0 aromatic rings. The molecule has 0 atom stereocenters. The molecule has 3 nitrogen and oxygen atoms in total. The largest absolute Gasteiger partial charge is 0.286 e. The zero-order valence-electron chi connectivity index (χ0n) is 7.25. The third-order valence-electron chi connectivity index (χ3n) is 2.91. The number of likely N-dealkylation sites (tertiary alicyclic amines) is 1. The zero-order valence-corrected chi connectivity index (χ0v) is 7.25. The molecule has 2 aliphatic rings. The maximum absolute atomic E-state index is 11.3. The molecule has 0 N–H and O–H groups in total. The van der Waals surface area contributed by atoms with E-state index >= 15 is 0 Å². The second kappa shape index (κ2) is 2.57. The van der Waals surface area contributed by atoms with Crippen LogP contribution in [0.5, 0.6) is 0 Å². The van der Waals surface area contributed by atoms with E-state index in [9.17, 15) is 9.59 Å². The standard InChI is InChI=1S/C9H13NO2/c1-10-8(11)4-7(5-9(10)12)6-2-3-6/h6-7H,2-5H2,1H3. The zero-order chi connectivity index (χ0) is 8.72. The molecule has 2 fully saturated rings. The normalized spacial score (nSPS) is 26.6. The van der Waals surface area contributed by atoms with Gasteiger partial charge in [0.05, 0.1) is 0 Å². The highest BCUT2D eigenvalue weighted by molar-refractivity contribution is 5.97. The quantitative estimate of drug-likeness (QED) is 0.541. The molecule has 0 aromatic carbocycles. The van der Waals surface area contributed by atoms with Crippen LogP contribution in [0.2, 0.25) is 0 Å². The van der Waals surface area contributed by atoms with Crippen molar-refractivity contribution in [2.45, 2.75) is 25.7 Å². The lowest BCUT2D eigenvalue weighted by atomic mass is 9.91. The molecule has 1 saturated carbocycles. The number of imide groups is 1. The fourth-order valence-electron chi connectivity index (χ4n) is 1.83. The van der Waals surface area contributed by atoms with Gasteiger partial charge in [0, 0.05) is 19.9 Å². The summed E-state index contributed by atoms with van der Waals surface area (Å²) < 4.78 is 0. The van der Waals surface area contributed by atoms with Crippen molar-refractivity contribution in [1.29, 1.82) is 0 Å². The number of hydrogen-bond donors (Lipinski definition) is 0. The van der Waals surface area contributed by atoms with Crippen LogP contribution in [-0.2, 0) is 9.59 Å². The Hall–Kier alpha value is -0.860. The molecule has 0 unspecified atom stereocenters. The number of carbonyl (C=O) groups is 2. The van der Waals surface area contributed by atoms with Crippen molar-refractivity contribution < 1.29 is 9.59 Å². The Morgan fingerprint density at radius 1 is 1.08 bits per heavy atom. The lowest BCUT2D eigenvalue weighted by molar-refractivity contribution is -0.148. The van der Waals surface area contributed by atoms with Gasteiger partial charge < -0.3 is 0 Å². The summed E-state index contributed by atoms with van der Waals surface area (Å²) in [5.41, 5.74) is 0. The predicted molar refractivity (Wildman–Crippen MR) is 43.2 cm³/mol. The summed E-state index contributed by atoms with van der Waals surface area (Å²) in [6.45, 7) is 0. The van der Waals surface area contributed by atoms with Gasteiger partial charge in [0.25, 0.3) is 0 Å². The monoisotopic (exact) mass is 167 g/mol. The van der Waals surface area contributed by atoms with Gasteiger partial charge in [0.15, 0.2) is 0 Å². The number of nitrogens with zero attached hydrogens (tertiary/aromatic N) is 1. The summed E-state index contributed by atoms with van der Waals surface area (Å²) in [4.78, 5) is 23.8. The Bertz CT molecular complexity index is 215. The van der Waals surface area contributed by atoms with Crippen molar-refractivity contribution in [3.8, 4) is 0 Å². The molecule has 1 aliphatic heterocycles. The van der Waals surface area contributed by atoms with Crippen molar-refractivity contribution in [3.63, 3.8) is 0 Å². The first-order valence-electron chi connectivity index (χ1n) is 4.48. The molecule has 0 spiro atoms. The summed E-state index contributed by atoms with van der Waals surface area (Å²) in [6.07, 6.45) is 3.61. The summed E-state index contributed by atoms with van der Waals surface area (Å²) in [5.74, 6) is 1.04. The van der Waals surface area contributed by atoms with Crippen LogP contribution in [0.3, 0.4) is 0 Å². The molecule has 1 saturated heterocycles. The van der Waals surface area contributed by atoms with Gasteiger partial charge in [-0.25, -0.2) is 0 Å². The number of rotatable bonds is 1. The number of amides is 2. The van der Waals surface area contributed by atoms with Gasteiger partial charge in [-0.2, -0.15) is 0 Å². The fraction of sp³-hybridized carbons (Fsp3) is 0.778. The highest BCUT2D eigenvalue weighted by atomic mass is 16.2. The Balaban J connectivity index is 2.04. The molecule has 12 heavy (non-hydrogen) atoms.